The highest BCUT2D eigenvalue weighted by atomic mass is 19.4. The van der Waals surface area contributed by atoms with Crippen LogP contribution in [-0.2, 0) is 19.8 Å². The number of nitrogens with one attached hydrogen (secondary N) is 2. The molecule has 0 saturated carbocycles. The lowest BCUT2D eigenvalue weighted by Gasteiger charge is -2.13. The highest BCUT2D eigenvalue weighted by Gasteiger charge is 2.36. The van der Waals surface area contributed by atoms with Gasteiger partial charge >= 0.3 is 6.18 Å². The average Bonchev–Trinajstić information content (AvgIpc) is 2.97. The molecule has 0 aliphatic heterocycles. The van der Waals surface area contributed by atoms with Crippen LogP contribution in [0.4, 0.5) is 13.2 Å². The highest BCUT2D eigenvalue weighted by Crippen LogP contribution is 2.30. The number of alkyl halides is 3. The van der Waals surface area contributed by atoms with Crippen LogP contribution >= 0.6 is 0 Å². The number of benzene rings is 1. The number of hydrogen-bond acceptors (Lipinski definition) is 3. The maximum absolute atomic E-state index is 12.9. The first-order valence-corrected chi connectivity index (χ1v) is 8.03. The van der Waals surface area contributed by atoms with Gasteiger partial charge in [-0.25, -0.2) is 0 Å². The fourth-order valence-electron chi connectivity index (χ4n) is 2.28. The van der Waals surface area contributed by atoms with Crippen LogP contribution in [0.3, 0.4) is 0 Å². The topological polar surface area (TPSA) is 63.5 Å². The maximum Gasteiger partial charge on any atom is 0.435 e. The van der Waals surface area contributed by atoms with Crippen molar-refractivity contribution in [3.05, 3.63) is 47.3 Å². The van der Waals surface area contributed by atoms with E-state index in [1.807, 2.05) is 31.2 Å². The molecule has 26 heavy (non-hydrogen) atoms. The zero-order chi connectivity index (χ0) is 19.2. The molecule has 6 nitrogen and oxygen atoms in total. The van der Waals surface area contributed by atoms with E-state index in [4.69, 9.17) is 4.74 Å². The molecule has 0 amide bonds. The number of aromatic nitrogens is 2. The van der Waals surface area contributed by atoms with Crippen molar-refractivity contribution in [1.29, 1.82) is 0 Å². The summed E-state index contributed by atoms with van der Waals surface area (Å²) in [6.45, 7) is 2.80. The molecule has 0 aliphatic carbocycles. The summed E-state index contributed by atoms with van der Waals surface area (Å²) in [6.07, 6.45) is -3.15. The molecule has 0 unspecified atom stereocenters. The molecule has 0 spiro atoms. The second-order valence-electron chi connectivity index (χ2n) is 5.69. The fourth-order valence-corrected chi connectivity index (χ4v) is 2.28. The Morgan fingerprint density at radius 1 is 1.23 bits per heavy atom. The number of halogens is 3. The van der Waals surface area contributed by atoms with Gasteiger partial charge in [0.15, 0.2) is 11.7 Å². The van der Waals surface area contributed by atoms with Crippen molar-refractivity contribution in [2.75, 3.05) is 20.2 Å². The van der Waals surface area contributed by atoms with E-state index in [1.165, 1.54) is 13.2 Å². The van der Waals surface area contributed by atoms with Crippen molar-refractivity contribution in [2.45, 2.75) is 19.6 Å². The molecule has 2 rings (SSSR count). The second kappa shape index (κ2) is 8.59. The Hall–Kier alpha value is -2.71. The summed E-state index contributed by atoms with van der Waals surface area (Å²) < 4.78 is 45.5. The third-order valence-electron chi connectivity index (χ3n) is 3.53. The van der Waals surface area contributed by atoms with Crippen LogP contribution in [0.1, 0.15) is 16.8 Å². The quantitative estimate of drug-likeness (QED) is 0.467. The van der Waals surface area contributed by atoms with Gasteiger partial charge in [-0.15, -0.1) is 0 Å². The minimum absolute atomic E-state index is 0.0405. The van der Waals surface area contributed by atoms with E-state index in [-0.39, 0.29) is 12.1 Å². The molecule has 2 aromatic rings. The van der Waals surface area contributed by atoms with Gasteiger partial charge in [0.1, 0.15) is 12.4 Å². The zero-order valence-corrected chi connectivity index (χ0v) is 14.9. The molecule has 2 N–H and O–H groups in total. The summed E-state index contributed by atoms with van der Waals surface area (Å²) in [7, 11) is 3.00. The Balaban J connectivity index is 1.80. The molecule has 1 aromatic heterocycles. The minimum Gasteiger partial charge on any atom is -0.492 e. The molecule has 0 radical (unpaired) electrons. The van der Waals surface area contributed by atoms with Gasteiger partial charge in [-0.1, -0.05) is 17.7 Å². The average molecular weight is 369 g/mol. The lowest BCUT2D eigenvalue weighted by atomic mass is 10.2. The number of hydrogen-bond donors (Lipinski definition) is 2. The van der Waals surface area contributed by atoms with Gasteiger partial charge in [-0.3, -0.25) is 9.67 Å². The van der Waals surface area contributed by atoms with E-state index < -0.39 is 11.9 Å². The van der Waals surface area contributed by atoms with Crippen LogP contribution < -0.4 is 15.4 Å². The third kappa shape index (κ3) is 5.68. The predicted octanol–water partition coefficient (Wildman–Crippen LogP) is 2.49. The normalized spacial score (nSPS) is 12.2. The van der Waals surface area contributed by atoms with Crippen molar-refractivity contribution in [3.8, 4) is 5.75 Å². The molecular weight excluding hydrogens is 347 g/mol. The van der Waals surface area contributed by atoms with Gasteiger partial charge in [0, 0.05) is 32.4 Å². The second-order valence-corrected chi connectivity index (χ2v) is 5.69. The summed E-state index contributed by atoms with van der Waals surface area (Å²) in [5.41, 5.74) is 0.304. The Bertz CT molecular complexity index is 738. The van der Waals surface area contributed by atoms with Crippen molar-refractivity contribution in [1.82, 2.24) is 20.4 Å². The molecule has 142 valence electrons. The smallest absolute Gasteiger partial charge is 0.435 e. The number of rotatable bonds is 6. The number of guanidine groups is 1. The van der Waals surface area contributed by atoms with Gasteiger partial charge in [-0.2, -0.15) is 18.3 Å². The number of aryl methyl sites for hydroxylation is 2. The van der Waals surface area contributed by atoms with Crippen molar-refractivity contribution >= 4 is 5.96 Å². The number of nitrogens with zero attached hydrogens (tertiary/aromatic N) is 3. The van der Waals surface area contributed by atoms with Crippen LogP contribution in [0.15, 0.2) is 35.5 Å². The number of aliphatic imine (C=N–C) groups is 1. The van der Waals surface area contributed by atoms with E-state index >= 15 is 0 Å². The Morgan fingerprint density at radius 3 is 2.54 bits per heavy atom. The standard InChI is InChI=1S/C17H22F3N5O/c1-12-4-6-14(7-5-12)26-9-8-22-16(21-2)23-10-13-11-25(3)24-15(13)17(18,19)20/h4-7,11H,8-10H2,1-3H3,(H2,21,22,23). The van der Waals surface area contributed by atoms with Crippen LogP contribution in [0.5, 0.6) is 5.75 Å². The molecule has 0 bridgehead atoms. The third-order valence-corrected chi connectivity index (χ3v) is 3.53. The maximum atomic E-state index is 12.9. The van der Waals surface area contributed by atoms with Gasteiger partial charge in [0.25, 0.3) is 0 Å². The van der Waals surface area contributed by atoms with E-state index in [9.17, 15) is 13.2 Å². The molecule has 0 fully saturated rings. The van der Waals surface area contributed by atoms with Crippen LogP contribution in [0.25, 0.3) is 0 Å². The molecule has 1 aromatic carbocycles. The zero-order valence-electron chi connectivity index (χ0n) is 14.9. The van der Waals surface area contributed by atoms with Crippen molar-refractivity contribution in [2.24, 2.45) is 12.0 Å². The minimum atomic E-state index is -4.49. The first-order chi connectivity index (χ1) is 12.3. The van der Waals surface area contributed by atoms with Crippen molar-refractivity contribution in [3.63, 3.8) is 0 Å². The summed E-state index contributed by atoms with van der Waals surface area (Å²) in [5, 5.41) is 9.31. The first kappa shape index (κ1) is 19.6. The van der Waals surface area contributed by atoms with E-state index in [0.717, 1.165) is 16.0 Å². The SMILES string of the molecule is CN=C(NCCOc1ccc(C)cc1)NCc1cn(C)nc1C(F)(F)F. The molecular formula is C17H22F3N5O. The molecule has 0 aliphatic rings. The predicted molar refractivity (Wildman–Crippen MR) is 93.1 cm³/mol. The summed E-state index contributed by atoms with van der Waals surface area (Å²) in [5.74, 6) is 1.14. The Kier molecular flexibility index (Phi) is 6.48. The largest absolute Gasteiger partial charge is 0.492 e. The van der Waals surface area contributed by atoms with Gasteiger partial charge < -0.3 is 15.4 Å². The Labute approximate surface area is 150 Å². The first-order valence-electron chi connectivity index (χ1n) is 8.03. The van der Waals surface area contributed by atoms with Gasteiger partial charge in [0.2, 0.25) is 0 Å². The molecule has 1 heterocycles. The van der Waals surface area contributed by atoms with Gasteiger partial charge in [0.05, 0.1) is 6.54 Å². The van der Waals surface area contributed by atoms with E-state index in [0.29, 0.717) is 19.1 Å². The summed E-state index contributed by atoms with van der Waals surface area (Å²) >= 11 is 0. The summed E-state index contributed by atoms with van der Waals surface area (Å²) in [6, 6.07) is 7.66. The Morgan fingerprint density at radius 2 is 1.92 bits per heavy atom. The summed E-state index contributed by atoms with van der Waals surface area (Å²) in [4.78, 5) is 3.99. The van der Waals surface area contributed by atoms with Crippen LogP contribution in [0.2, 0.25) is 0 Å². The fraction of sp³-hybridized carbons (Fsp3) is 0.412. The lowest BCUT2D eigenvalue weighted by molar-refractivity contribution is -0.142. The van der Waals surface area contributed by atoms with Gasteiger partial charge in [-0.05, 0) is 19.1 Å². The van der Waals surface area contributed by atoms with Crippen molar-refractivity contribution < 1.29 is 17.9 Å². The van der Waals surface area contributed by atoms with E-state index in [2.05, 4.69) is 20.7 Å². The molecule has 9 heteroatoms. The highest BCUT2D eigenvalue weighted by molar-refractivity contribution is 5.79. The monoisotopic (exact) mass is 369 g/mol. The van der Waals surface area contributed by atoms with E-state index in [1.54, 1.807) is 7.05 Å². The number of ether oxygens (including phenoxy) is 1. The van der Waals surface area contributed by atoms with Crippen LogP contribution in [-0.4, -0.2) is 35.9 Å². The lowest BCUT2D eigenvalue weighted by Crippen LogP contribution is -2.39. The van der Waals surface area contributed by atoms with Crippen LogP contribution in [0, 0.1) is 6.92 Å². The molecule has 0 atom stereocenters. The molecule has 0 saturated heterocycles.